The number of benzene rings is 1. The number of guanidine groups is 1. The molecule has 1 aliphatic heterocycles. The number of nitrogens with zero attached hydrogens (tertiary/aromatic N) is 1. The first-order chi connectivity index (χ1) is 11.4. The highest BCUT2D eigenvalue weighted by Gasteiger charge is 2.16. The number of rotatable bonds is 5. The van der Waals surface area contributed by atoms with Crippen molar-refractivity contribution >= 4 is 35.9 Å². The first-order valence-corrected chi connectivity index (χ1v) is 8.28. The van der Waals surface area contributed by atoms with E-state index < -0.39 is 5.60 Å². The van der Waals surface area contributed by atoms with E-state index in [1.54, 1.807) is 7.05 Å². The SMILES string of the molecule is CN=C(NCCc1ccc2c(c1)CCO2)NCC(=O)OC(C)(C)C.I. The summed E-state index contributed by atoms with van der Waals surface area (Å²) in [6, 6.07) is 6.32. The first-order valence-electron chi connectivity index (χ1n) is 8.28. The zero-order valence-electron chi connectivity index (χ0n) is 15.3. The largest absolute Gasteiger partial charge is 0.493 e. The van der Waals surface area contributed by atoms with Crippen LogP contribution >= 0.6 is 24.0 Å². The number of aliphatic imine (C=N–C) groups is 1. The van der Waals surface area contributed by atoms with Gasteiger partial charge in [-0.2, -0.15) is 0 Å². The van der Waals surface area contributed by atoms with Gasteiger partial charge < -0.3 is 20.1 Å². The van der Waals surface area contributed by atoms with Crippen LogP contribution in [0.3, 0.4) is 0 Å². The van der Waals surface area contributed by atoms with Crippen molar-refractivity contribution in [3.63, 3.8) is 0 Å². The van der Waals surface area contributed by atoms with Crippen molar-refractivity contribution in [2.45, 2.75) is 39.2 Å². The molecule has 0 unspecified atom stereocenters. The fourth-order valence-electron chi connectivity index (χ4n) is 2.47. The number of halogens is 1. The molecule has 2 rings (SSSR count). The molecule has 1 aliphatic rings. The molecule has 1 aromatic carbocycles. The molecule has 7 heteroatoms. The zero-order chi connectivity index (χ0) is 17.6. The molecule has 0 saturated heterocycles. The van der Waals surface area contributed by atoms with Gasteiger partial charge in [0.15, 0.2) is 5.96 Å². The maximum Gasteiger partial charge on any atom is 0.325 e. The molecule has 0 radical (unpaired) electrons. The van der Waals surface area contributed by atoms with Crippen LogP contribution in [0.5, 0.6) is 5.75 Å². The Morgan fingerprint density at radius 3 is 2.76 bits per heavy atom. The zero-order valence-corrected chi connectivity index (χ0v) is 17.7. The lowest BCUT2D eigenvalue weighted by molar-refractivity contribution is -0.153. The predicted octanol–water partition coefficient (Wildman–Crippen LogP) is 2.29. The van der Waals surface area contributed by atoms with Crippen molar-refractivity contribution in [3.05, 3.63) is 29.3 Å². The van der Waals surface area contributed by atoms with E-state index >= 15 is 0 Å². The lowest BCUT2D eigenvalue weighted by atomic mass is 10.1. The molecule has 2 N–H and O–H groups in total. The van der Waals surface area contributed by atoms with Crippen molar-refractivity contribution < 1.29 is 14.3 Å². The van der Waals surface area contributed by atoms with Crippen LogP contribution in [-0.2, 0) is 22.4 Å². The Kier molecular flexibility index (Phi) is 8.47. The van der Waals surface area contributed by atoms with Gasteiger partial charge in [-0.05, 0) is 44.4 Å². The topological polar surface area (TPSA) is 72.0 Å². The lowest BCUT2D eigenvalue weighted by Crippen LogP contribution is -2.42. The van der Waals surface area contributed by atoms with Gasteiger partial charge in [-0.3, -0.25) is 9.79 Å². The van der Waals surface area contributed by atoms with Crippen molar-refractivity contribution in [2.24, 2.45) is 4.99 Å². The number of nitrogens with one attached hydrogen (secondary N) is 2. The third-order valence-electron chi connectivity index (χ3n) is 3.50. The molecular weight excluding hydrogens is 433 g/mol. The maximum atomic E-state index is 11.7. The molecule has 0 fully saturated rings. The van der Waals surface area contributed by atoms with Crippen LogP contribution < -0.4 is 15.4 Å². The van der Waals surface area contributed by atoms with Gasteiger partial charge in [0.05, 0.1) is 6.61 Å². The monoisotopic (exact) mass is 461 g/mol. The standard InChI is InChI=1S/C18H27N3O3.HI/c1-18(2,3)24-16(22)12-21-17(19-4)20-9-7-13-5-6-15-14(11-13)8-10-23-15;/h5-6,11H,7-10,12H2,1-4H3,(H2,19,20,21);1H. The Morgan fingerprint density at radius 1 is 1.32 bits per heavy atom. The molecular formula is C18H28IN3O3. The van der Waals surface area contributed by atoms with Crippen LogP contribution in [0, 0.1) is 0 Å². The van der Waals surface area contributed by atoms with E-state index in [4.69, 9.17) is 9.47 Å². The molecule has 140 valence electrons. The third kappa shape index (κ3) is 7.50. The van der Waals surface area contributed by atoms with Gasteiger partial charge in [-0.1, -0.05) is 12.1 Å². The minimum Gasteiger partial charge on any atom is -0.493 e. The van der Waals surface area contributed by atoms with E-state index in [9.17, 15) is 4.79 Å². The summed E-state index contributed by atoms with van der Waals surface area (Å²) in [5, 5.41) is 6.17. The first kappa shape index (κ1) is 21.5. The molecule has 6 nitrogen and oxygen atoms in total. The second-order valence-corrected chi connectivity index (χ2v) is 6.73. The second-order valence-electron chi connectivity index (χ2n) is 6.73. The highest BCUT2D eigenvalue weighted by Crippen LogP contribution is 2.25. The van der Waals surface area contributed by atoms with E-state index in [0.29, 0.717) is 5.96 Å². The number of esters is 1. The normalized spacial score (nSPS) is 13.4. The average Bonchev–Trinajstić information content (AvgIpc) is 2.96. The molecule has 25 heavy (non-hydrogen) atoms. The highest BCUT2D eigenvalue weighted by molar-refractivity contribution is 14.0. The van der Waals surface area contributed by atoms with Crippen LogP contribution in [0.1, 0.15) is 31.9 Å². The summed E-state index contributed by atoms with van der Waals surface area (Å²) in [5.41, 5.74) is 2.06. The maximum absolute atomic E-state index is 11.7. The Morgan fingerprint density at radius 2 is 2.08 bits per heavy atom. The van der Waals surface area contributed by atoms with Gasteiger partial charge in [0, 0.05) is 20.0 Å². The smallest absolute Gasteiger partial charge is 0.325 e. The number of hydrogen-bond acceptors (Lipinski definition) is 4. The highest BCUT2D eigenvalue weighted by atomic mass is 127. The van der Waals surface area contributed by atoms with Crippen molar-refractivity contribution in [3.8, 4) is 5.75 Å². The molecule has 0 atom stereocenters. The van der Waals surface area contributed by atoms with Gasteiger partial charge in [0.25, 0.3) is 0 Å². The van der Waals surface area contributed by atoms with Gasteiger partial charge >= 0.3 is 5.97 Å². The van der Waals surface area contributed by atoms with E-state index in [1.807, 2.05) is 26.8 Å². The van der Waals surface area contributed by atoms with Crippen LogP contribution in [-0.4, -0.2) is 44.3 Å². The summed E-state index contributed by atoms with van der Waals surface area (Å²) in [4.78, 5) is 15.8. The number of carbonyl (C=O) groups excluding carboxylic acids is 1. The Bertz CT molecular complexity index is 612. The van der Waals surface area contributed by atoms with Gasteiger partial charge in [-0.25, -0.2) is 0 Å². The summed E-state index contributed by atoms with van der Waals surface area (Å²) < 4.78 is 10.8. The molecule has 0 aromatic heterocycles. The molecule has 1 heterocycles. The molecule has 0 aliphatic carbocycles. The van der Waals surface area contributed by atoms with Crippen molar-refractivity contribution in [1.82, 2.24) is 10.6 Å². The van der Waals surface area contributed by atoms with E-state index in [0.717, 1.165) is 31.7 Å². The Balaban J connectivity index is 0.00000312. The fraction of sp³-hybridized carbons (Fsp3) is 0.556. The Labute approximate surface area is 166 Å². The van der Waals surface area contributed by atoms with Crippen molar-refractivity contribution in [1.29, 1.82) is 0 Å². The van der Waals surface area contributed by atoms with Crippen LogP contribution in [0.15, 0.2) is 23.2 Å². The predicted molar refractivity (Wildman–Crippen MR) is 110 cm³/mol. The fourth-order valence-corrected chi connectivity index (χ4v) is 2.47. The molecule has 0 bridgehead atoms. The van der Waals surface area contributed by atoms with E-state index in [1.165, 1.54) is 11.1 Å². The van der Waals surface area contributed by atoms with Crippen LogP contribution in [0.25, 0.3) is 0 Å². The summed E-state index contributed by atoms with van der Waals surface area (Å²) in [6.45, 7) is 7.14. The molecule has 0 saturated carbocycles. The number of carbonyl (C=O) groups is 1. The summed E-state index contributed by atoms with van der Waals surface area (Å²) in [7, 11) is 1.68. The lowest BCUT2D eigenvalue weighted by Gasteiger charge is -2.20. The third-order valence-corrected chi connectivity index (χ3v) is 3.50. The number of hydrogen-bond donors (Lipinski definition) is 2. The average molecular weight is 461 g/mol. The molecule has 0 spiro atoms. The van der Waals surface area contributed by atoms with Gasteiger partial charge in [0.1, 0.15) is 17.9 Å². The summed E-state index contributed by atoms with van der Waals surface area (Å²) >= 11 is 0. The summed E-state index contributed by atoms with van der Waals surface area (Å²) in [6.07, 6.45) is 1.86. The number of fused-ring (bicyclic) bond motifs is 1. The quantitative estimate of drug-likeness (QED) is 0.305. The second kappa shape index (κ2) is 9.84. The van der Waals surface area contributed by atoms with E-state index in [-0.39, 0.29) is 36.5 Å². The number of ether oxygens (including phenoxy) is 2. The van der Waals surface area contributed by atoms with Crippen LogP contribution in [0.2, 0.25) is 0 Å². The van der Waals surface area contributed by atoms with Crippen LogP contribution in [0.4, 0.5) is 0 Å². The van der Waals surface area contributed by atoms with Gasteiger partial charge in [0.2, 0.25) is 0 Å². The summed E-state index contributed by atoms with van der Waals surface area (Å²) in [5.74, 6) is 1.29. The van der Waals surface area contributed by atoms with Crippen molar-refractivity contribution in [2.75, 3.05) is 26.7 Å². The Hall–Kier alpha value is -1.51. The minimum atomic E-state index is -0.479. The minimum absolute atomic E-state index is 0. The van der Waals surface area contributed by atoms with Gasteiger partial charge in [-0.15, -0.1) is 24.0 Å². The molecule has 1 aromatic rings. The van der Waals surface area contributed by atoms with E-state index in [2.05, 4.69) is 27.8 Å². The molecule has 0 amide bonds.